The van der Waals surface area contributed by atoms with Crippen molar-refractivity contribution in [3.05, 3.63) is 23.5 Å². The summed E-state index contributed by atoms with van der Waals surface area (Å²) in [5.41, 5.74) is 0.124. The van der Waals surface area contributed by atoms with Gasteiger partial charge in [-0.1, -0.05) is 40.2 Å². The average Bonchev–Trinajstić information content (AvgIpc) is 2.62. The van der Waals surface area contributed by atoms with E-state index in [1.165, 1.54) is 19.5 Å². The highest BCUT2D eigenvalue weighted by molar-refractivity contribution is 7.92. The Kier molecular flexibility index (Phi) is 4.59. The molecule has 3 aliphatic carbocycles. The number of likely N-dealkylation sites (N-methyl/N-ethyl adjacent to an activating group) is 1. The predicted molar refractivity (Wildman–Crippen MR) is 114 cm³/mol. The van der Waals surface area contributed by atoms with Crippen LogP contribution in [0.15, 0.2) is 23.5 Å². The Morgan fingerprint density at radius 1 is 1.10 bits per heavy atom. The first-order valence-electron chi connectivity index (χ1n) is 10.9. The quantitative estimate of drug-likeness (QED) is 0.675. The fourth-order valence-corrected chi connectivity index (χ4v) is 10.5. The van der Waals surface area contributed by atoms with Crippen LogP contribution >= 0.6 is 0 Å². The molecule has 2 N–H and O–H groups in total. The van der Waals surface area contributed by atoms with Crippen molar-refractivity contribution in [3.8, 4) is 0 Å². The molecule has 4 aliphatic rings. The van der Waals surface area contributed by atoms with Gasteiger partial charge >= 0.3 is 0 Å². The highest BCUT2D eigenvalue weighted by Gasteiger charge is 2.66. The van der Waals surface area contributed by atoms with E-state index >= 15 is 0 Å². The molecule has 3 fully saturated rings. The number of nitrogens with one attached hydrogen (secondary N) is 1. The fourth-order valence-electron chi connectivity index (χ4n) is 7.83. The van der Waals surface area contributed by atoms with Crippen LogP contribution in [0.4, 0.5) is 0 Å². The van der Waals surface area contributed by atoms with Crippen LogP contribution in [0.3, 0.4) is 0 Å². The minimum atomic E-state index is -3.48. The van der Waals surface area contributed by atoms with Crippen LogP contribution in [-0.4, -0.2) is 37.5 Å². The van der Waals surface area contributed by atoms with Crippen LogP contribution in [0, 0.1) is 34.0 Å². The van der Waals surface area contributed by atoms with Crippen molar-refractivity contribution in [1.82, 2.24) is 5.32 Å². The molecule has 1 amide bonds. The van der Waals surface area contributed by atoms with E-state index in [0.717, 1.165) is 25.7 Å². The maximum Gasteiger partial charge on any atom is 0.250 e. The minimum absolute atomic E-state index is 0.0186. The number of fused-ring (bicyclic) bond motifs is 5. The molecular weight excluding hydrogens is 386 g/mol. The van der Waals surface area contributed by atoms with Crippen molar-refractivity contribution in [2.75, 3.05) is 12.8 Å². The lowest BCUT2D eigenvalue weighted by Gasteiger charge is -2.66. The highest BCUT2D eigenvalue weighted by Crippen LogP contribution is 2.68. The summed E-state index contributed by atoms with van der Waals surface area (Å²) in [7, 11) is -1.97. The Morgan fingerprint density at radius 2 is 1.79 bits per heavy atom. The summed E-state index contributed by atoms with van der Waals surface area (Å²) in [4.78, 5) is 12.1. The first-order chi connectivity index (χ1) is 13.4. The zero-order valence-electron chi connectivity index (χ0n) is 18.3. The zero-order valence-corrected chi connectivity index (χ0v) is 19.1. The van der Waals surface area contributed by atoms with E-state index in [2.05, 4.69) is 33.0 Å². The Hall–Kier alpha value is -1.30. The van der Waals surface area contributed by atoms with Gasteiger partial charge in [-0.15, -0.1) is 0 Å². The third-order valence-electron chi connectivity index (χ3n) is 9.15. The number of hydrogen-bond donors (Lipinski definition) is 2. The second-order valence-electron chi connectivity index (χ2n) is 11.0. The molecule has 0 aromatic heterocycles. The summed E-state index contributed by atoms with van der Waals surface area (Å²) in [6.45, 7) is 9.18. The molecule has 0 spiro atoms. The van der Waals surface area contributed by atoms with Gasteiger partial charge in [0.05, 0.1) is 16.8 Å². The van der Waals surface area contributed by atoms with E-state index in [4.69, 9.17) is 0 Å². The van der Waals surface area contributed by atoms with E-state index in [9.17, 15) is 18.3 Å². The number of hydrogen-bond acceptors (Lipinski definition) is 4. The van der Waals surface area contributed by atoms with Crippen LogP contribution in [-0.2, 0) is 14.6 Å². The number of aliphatic hydroxyl groups excluding tert-OH is 1. The topological polar surface area (TPSA) is 83.5 Å². The maximum absolute atomic E-state index is 13.5. The van der Waals surface area contributed by atoms with Crippen molar-refractivity contribution in [2.45, 2.75) is 65.0 Å². The Morgan fingerprint density at radius 3 is 2.45 bits per heavy atom. The van der Waals surface area contributed by atoms with Gasteiger partial charge in [-0.3, -0.25) is 4.79 Å². The molecule has 1 heterocycles. The van der Waals surface area contributed by atoms with Crippen LogP contribution in [0.25, 0.3) is 0 Å². The van der Waals surface area contributed by atoms with Gasteiger partial charge in [0.2, 0.25) is 0 Å². The predicted octanol–water partition coefficient (Wildman–Crippen LogP) is 3.78. The SMILES string of the molecule is CNC(=O)C1=CC2C(C(O)=C1)[C@]1(C)CC[C@H]3C(C)(C)CCC[C@]3(C)[C@H]1CS2(=O)=O. The second kappa shape index (κ2) is 6.35. The van der Waals surface area contributed by atoms with Crippen molar-refractivity contribution >= 4 is 15.7 Å². The summed E-state index contributed by atoms with van der Waals surface area (Å²) in [5.74, 6) is -0.0996. The van der Waals surface area contributed by atoms with Gasteiger partial charge in [0.15, 0.2) is 9.84 Å². The molecule has 0 aromatic rings. The molecule has 0 radical (unpaired) electrons. The first kappa shape index (κ1) is 21.0. The molecule has 2 saturated carbocycles. The molecule has 0 bridgehead atoms. The second-order valence-corrected chi connectivity index (χ2v) is 13.2. The number of aliphatic hydroxyl groups is 1. The molecule has 4 rings (SSSR count). The standard InChI is InChI=1S/C23H35NO4S/c1-21(2)8-6-9-22(3)17(21)7-10-23(4)18(22)13-29(27,28)16-12-14(20(26)24-5)11-15(25)19(16)23/h11-12,16-19,25H,6-10,13H2,1-5H3,(H,24,26)/t16?,17-,18+,19?,22-,23+/m0/s1. The summed E-state index contributed by atoms with van der Waals surface area (Å²) in [6.07, 6.45) is 8.43. The van der Waals surface area contributed by atoms with Gasteiger partial charge in [0.25, 0.3) is 5.91 Å². The number of rotatable bonds is 1. The van der Waals surface area contributed by atoms with E-state index in [1.807, 2.05) is 0 Å². The Balaban J connectivity index is 1.82. The molecule has 1 saturated heterocycles. The maximum atomic E-state index is 13.5. The van der Waals surface area contributed by atoms with Gasteiger partial charge in [-0.25, -0.2) is 8.42 Å². The molecule has 6 atom stereocenters. The number of carbonyl (C=O) groups is 1. The van der Waals surface area contributed by atoms with Crippen LogP contribution in [0.5, 0.6) is 0 Å². The summed E-state index contributed by atoms with van der Waals surface area (Å²) in [6, 6.07) is 0. The lowest BCUT2D eigenvalue weighted by atomic mass is 9.41. The first-order valence-corrected chi connectivity index (χ1v) is 12.6. The van der Waals surface area contributed by atoms with E-state index in [1.54, 1.807) is 6.08 Å². The summed E-state index contributed by atoms with van der Waals surface area (Å²) >= 11 is 0. The molecule has 1 aliphatic heterocycles. The number of carbonyl (C=O) groups excluding carboxylic acids is 1. The third-order valence-corrected chi connectivity index (χ3v) is 11.2. The largest absolute Gasteiger partial charge is 0.512 e. The summed E-state index contributed by atoms with van der Waals surface area (Å²) < 4.78 is 27.0. The molecule has 29 heavy (non-hydrogen) atoms. The van der Waals surface area contributed by atoms with Crippen molar-refractivity contribution in [1.29, 1.82) is 0 Å². The highest BCUT2D eigenvalue weighted by atomic mass is 32.2. The molecular formula is C23H35NO4S. The molecule has 162 valence electrons. The lowest BCUT2D eigenvalue weighted by Crippen LogP contribution is -2.64. The molecule has 2 unspecified atom stereocenters. The van der Waals surface area contributed by atoms with Gasteiger partial charge in [-0.05, 0) is 59.8 Å². The van der Waals surface area contributed by atoms with Crippen LogP contribution < -0.4 is 5.32 Å². The van der Waals surface area contributed by atoms with Gasteiger partial charge in [0, 0.05) is 18.5 Å². The van der Waals surface area contributed by atoms with Crippen molar-refractivity contribution < 1.29 is 18.3 Å². The third kappa shape index (κ3) is 2.84. The van der Waals surface area contributed by atoms with Crippen molar-refractivity contribution in [2.24, 2.45) is 34.0 Å². The van der Waals surface area contributed by atoms with Gasteiger partial charge in [-0.2, -0.15) is 0 Å². The van der Waals surface area contributed by atoms with Gasteiger partial charge in [0.1, 0.15) is 0 Å². The Labute approximate surface area is 174 Å². The lowest BCUT2D eigenvalue weighted by molar-refractivity contribution is -0.140. The van der Waals surface area contributed by atoms with Gasteiger partial charge < -0.3 is 10.4 Å². The van der Waals surface area contributed by atoms with Crippen molar-refractivity contribution in [3.63, 3.8) is 0 Å². The van der Waals surface area contributed by atoms with E-state index < -0.39 is 21.0 Å². The minimum Gasteiger partial charge on any atom is -0.512 e. The molecule has 5 nitrogen and oxygen atoms in total. The van der Waals surface area contributed by atoms with E-state index in [-0.39, 0.29) is 45.2 Å². The number of amides is 1. The Bertz CT molecular complexity index is 902. The zero-order chi connectivity index (χ0) is 21.4. The van der Waals surface area contributed by atoms with E-state index in [0.29, 0.717) is 5.92 Å². The monoisotopic (exact) mass is 421 g/mol. The molecule has 6 heteroatoms. The average molecular weight is 422 g/mol. The number of allylic oxidation sites excluding steroid dienone is 1. The molecule has 0 aromatic carbocycles. The summed E-state index contributed by atoms with van der Waals surface area (Å²) in [5, 5.41) is 12.7. The van der Waals surface area contributed by atoms with Crippen LogP contribution in [0.2, 0.25) is 0 Å². The number of sulfone groups is 1. The fraction of sp³-hybridized carbons (Fsp3) is 0.783. The van der Waals surface area contributed by atoms with Crippen LogP contribution in [0.1, 0.15) is 59.8 Å². The normalized spacial score (nSPS) is 45.0. The smallest absolute Gasteiger partial charge is 0.250 e.